The van der Waals surface area contributed by atoms with Crippen LogP contribution in [0.5, 0.6) is 0 Å². The fraction of sp³-hybridized carbons (Fsp3) is 0.333. The van der Waals surface area contributed by atoms with Gasteiger partial charge in [0.25, 0.3) is 0 Å². The molecule has 144 valence electrons. The van der Waals surface area contributed by atoms with Crippen molar-refractivity contribution in [1.29, 1.82) is 0 Å². The molecule has 0 aliphatic carbocycles. The third-order valence-electron chi connectivity index (χ3n) is 3.57. The van der Waals surface area contributed by atoms with Crippen molar-refractivity contribution in [3.8, 4) is 11.5 Å². The van der Waals surface area contributed by atoms with E-state index in [1.807, 2.05) is 38.1 Å². The van der Waals surface area contributed by atoms with Crippen LogP contribution in [0, 0.1) is 13.8 Å². The molecule has 0 aliphatic heterocycles. The SMILES string of the molecule is CCNC(=NCc1coc(-c2ccc(C)cc2)n1)NCc1nc(C)no1.I. The Bertz CT molecular complexity index is 872. The van der Waals surface area contributed by atoms with E-state index in [1.54, 1.807) is 13.2 Å². The number of nitrogens with zero attached hydrogens (tertiary/aromatic N) is 4. The van der Waals surface area contributed by atoms with Crippen molar-refractivity contribution in [1.82, 2.24) is 25.8 Å². The molecule has 0 fully saturated rings. The maximum atomic E-state index is 5.56. The Morgan fingerprint density at radius 3 is 2.56 bits per heavy atom. The number of hydrogen-bond donors (Lipinski definition) is 2. The van der Waals surface area contributed by atoms with E-state index in [-0.39, 0.29) is 24.0 Å². The normalized spacial score (nSPS) is 11.1. The largest absolute Gasteiger partial charge is 0.444 e. The van der Waals surface area contributed by atoms with Crippen LogP contribution >= 0.6 is 24.0 Å². The van der Waals surface area contributed by atoms with E-state index >= 15 is 0 Å². The highest BCUT2D eigenvalue weighted by molar-refractivity contribution is 14.0. The van der Waals surface area contributed by atoms with Gasteiger partial charge in [0.15, 0.2) is 11.8 Å². The number of nitrogens with one attached hydrogen (secondary N) is 2. The molecule has 0 radical (unpaired) electrons. The number of aryl methyl sites for hydroxylation is 2. The molecule has 0 saturated carbocycles. The van der Waals surface area contributed by atoms with Crippen LogP contribution in [0.25, 0.3) is 11.5 Å². The van der Waals surface area contributed by atoms with Gasteiger partial charge in [-0.1, -0.05) is 22.9 Å². The highest BCUT2D eigenvalue weighted by atomic mass is 127. The zero-order valence-corrected chi connectivity index (χ0v) is 17.9. The molecule has 0 bridgehead atoms. The summed E-state index contributed by atoms with van der Waals surface area (Å²) in [5.41, 5.74) is 2.90. The summed E-state index contributed by atoms with van der Waals surface area (Å²) in [4.78, 5) is 13.2. The van der Waals surface area contributed by atoms with Gasteiger partial charge in [-0.25, -0.2) is 9.98 Å². The van der Waals surface area contributed by atoms with E-state index < -0.39 is 0 Å². The van der Waals surface area contributed by atoms with Gasteiger partial charge in [0.1, 0.15) is 12.0 Å². The quantitative estimate of drug-likeness (QED) is 0.316. The summed E-state index contributed by atoms with van der Waals surface area (Å²) in [6, 6.07) is 8.05. The number of benzene rings is 1. The predicted molar refractivity (Wildman–Crippen MR) is 113 cm³/mol. The topological polar surface area (TPSA) is 101 Å². The van der Waals surface area contributed by atoms with Crippen molar-refractivity contribution in [2.24, 2.45) is 4.99 Å². The van der Waals surface area contributed by atoms with Crippen LogP contribution in [-0.4, -0.2) is 27.6 Å². The van der Waals surface area contributed by atoms with Gasteiger partial charge in [-0.15, -0.1) is 24.0 Å². The Labute approximate surface area is 174 Å². The number of aromatic nitrogens is 3. The minimum atomic E-state index is 0. The molecule has 27 heavy (non-hydrogen) atoms. The van der Waals surface area contributed by atoms with E-state index in [9.17, 15) is 0 Å². The van der Waals surface area contributed by atoms with Crippen molar-refractivity contribution in [2.75, 3.05) is 6.54 Å². The first kappa shape index (κ1) is 20.9. The minimum Gasteiger partial charge on any atom is -0.444 e. The van der Waals surface area contributed by atoms with Gasteiger partial charge < -0.3 is 19.6 Å². The van der Waals surface area contributed by atoms with Crippen molar-refractivity contribution in [2.45, 2.75) is 33.9 Å². The molecule has 8 nitrogen and oxygen atoms in total. The predicted octanol–water partition coefficient (Wildman–Crippen LogP) is 3.21. The summed E-state index contributed by atoms with van der Waals surface area (Å²) in [5.74, 6) is 2.35. The molecule has 3 aromatic rings. The molecule has 0 atom stereocenters. The number of hydrogen-bond acceptors (Lipinski definition) is 6. The van der Waals surface area contributed by atoms with Crippen LogP contribution in [0.1, 0.15) is 29.9 Å². The average Bonchev–Trinajstić information content (AvgIpc) is 3.27. The lowest BCUT2D eigenvalue weighted by Crippen LogP contribution is -2.36. The zero-order valence-electron chi connectivity index (χ0n) is 15.5. The fourth-order valence-corrected chi connectivity index (χ4v) is 2.28. The van der Waals surface area contributed by atoms with Crippen LogP contribution in [0.15, 0.2) is 44.5 Å². The van der Waals surface area contributed by atoms with E-state index in [1.165, 1.54) is 5.56 Å². The number of halogens is 1. The van der Waals surface area contributed by atoms with Gasteiger partial charge in [0.05, 0.1) is 13.1 Å². The monoisotopic (exact) mass is 482 g/mol. The average molecular weight is 482 g/mol. The van der Waals surface area contributed by atoms with E-state index in [0.29, 0.717) is 36.7 Å². The van der Waals surface area contributed by atoms with Crippen LogP contribution in [-0.2, 0) is 13.1 Å². The fourth-order valence-electron chi connectivity index (χ4n) is 2.28. The van der Waals surface area contributed by atoms with Gasteiger partial charge in [-0.05, 0) is 32.9 Å². The summed E-state index contributed by atoms with van der Waals surface area (Å²) in [5, 5.41) is 10.1. The smallest absolute Gasteiger partial charge is 0.246 e. The molecule has 2 aromatic heterocycles. The number of rotatable bonds is 6. The Morgan fingerprint density at radius 1 is 1.11 bits per heavy atom. The highest BCUT2D eigenvalue weighted by Crippen LogP contribution is 2.19. The second-order valence-corrected chi connectivity index (χ2v) is 5.79. The van der Waals surface area contributed by atoms with Gasteiger partial charge >= 0.3 is 0 Å². The lowest BCUT2D eigenvalue weighted by atomic mass is 10.1. The number of guanidine groups is 1. The van der Waals surface area contributed by atoms with E-state index in [0.717, 1.165) is 17.8 Å². The van der Waals surface area contributed by atoms with Crippen LogP contribution < -0.4 is 10.6 Å². The Balaban J connectivity index is 0.00000261. The molecule has 2 heterocycles. The van der Waals surface area contributed by atoms with Crippen molar-refractivity contribution in [3.63, 3.8) is 0 Å². The minimum absolute atomic E-state index is 0. The third kappa shape index (κ3) is 6.05. The lowest BCUT2D eigenvalue weighted by Gasteiger charge is -2.08. The summed E-state index contributed by atoms with van der Waals surface area (Å²) >= 11 is 0. The zero-order chi connectivity index (χ0) is 18.4. The third-order valence-corrected chi connectivity index (χ3v) is 3.57. The molecule has 1 aromatic carbocycles. The first-order valence-electron chi connectivity index (χ1n) is 8.47. The summed E-state index contributed by atoms with van der Waals surface area (Å²) in [7, 11) is 0. The molecule has 0 saturated heterocycles. The second kappa shape index (κ2) is 10.0. The van der Waals surface area contributed by atoms with Crippen LogP contribution in [0.2, 0.25) is 0 Å². The molecular weight excluding hydrogens is 459 g/mol. The number of aliphatic imine (C=N–C) groups is 1. The van der Waals surface area contributed by atoms with Gasteiger partial charge in [-0.3, -0.25) is 0 Å². The standard InChI is InChI=1S/C18H22N6O2.HI/c1-4-19-18(21-10-16-22-13(3)24-26-16)20-9-15-11-25-17(23-15)14-7-5-12(2)6-8-14;/h5-8,11H,4,9-10H2,1-3H3,(H2,19,20,21);1H. The summed E-state index contributed by atoms with van der Waals surface area (Å²) in [6.07, 6.45) is 1.63. The lowest BCUT2D eigenvalue weighted by molar-refractivity contribution is 0.371. The van der Waals surface area contributed by atoms with Crippen LogP contribution in [0.3, 0.4) is 0 Å². The molecule has 0 spiro atoms. The Morgan fingerprint density at radius 2 is 1.89 bits per heavy atom. The van der Waals surface area contributed by atoms with E-state index in [4.69, 9.17) is 8.94 Å². The summed E-state index contributed by atoms with van der Waals surface area (Å²) in [6.45, 7) is 7.36. The molecule has 0 unspecified atom stereocenters. The molecule has 0 aliphatic rings. The van der Waals surface area contributed by atoms with Crippen molar-refractivity contribution in [3.05, 3.63) is 53.5 Å². The molecule has 3 rings (SSSR count). The Kier molecular flexibility index (Phi) is 7.77. The Hall–Kier alpha value is -2.43. The first-order chi connectivity index (χ1) is 12.6. The van der Waals surface area contributed by atoms with Gasteiger partial charge in [0, 0.05) is 12.1 Å². The second-order valence-electron chi connectivity index (χ2n) is 5.79. The highest BCUT2D eigenvalue weighted by Gasteiger charge is 2.08. The number of oxazole rings is 1. The summed E-state index contributed by atoms with van der Waals surface area (Å²) < 4.78 is 10.6. The van der Waals surface area contributed by atoms with Crippen LogP contribution in [0.4, 0.5) is 0 Å². The van der Waals surface area contributed by atoms with Gasteiger partial charge in [-0.2, -0.15) is 4.98 Å². The molecule has 9 heteroatoms. The van der Waals surface area contributed by atoms with E-state index in [2.05, 4.69) is 30.8 Å². The molecule has 2 N–H and O–H groups in total. The van der Waals surface area contributed by atoms with Gasteiger partial charge in [0.2, 0.25) is 11.8 Å². The maximum absolute atomic E-state index is 5.56. The van der Waals surface area contributed by atoms with Crippen molar-refractivity contribution < 1.29 is 8.94 Å². The first-order valence-corrected chi connectivity index (χ1v) is 8.47. The maximum Gasteiger partial charge on any atom is 0.246 e. The van der Waals surface area contributed by atoms with Crippen molar-refractivity contribution >= 4 is 29.9 Å². The molecular formula is C18H23IN6O2. The molecule has 0 amide bonds.